The van der Waals surface area contributed by atoms with E-state index in [2.05, 4.69) is 30.3 Å². The van der Waals surface area contributed by atoms with Crippen molar-refractivity contribution in [1.82, 2.24) is 4.98 Å². The first-order valence-corrected chi connectivity index (χ1v) is 9.28. The van der Waals surface area contributed by atoms with Crippen molar-refractivity contribution in [2.75, 3.05) is 6.61 Å². The number of benzene rings is 1. The van der Waals surface area contributed by atoms with Gasteiger partial charge in [-0.15, -0.1) is 0 Å². The molecule has 120 valence electrons. The van der Waals surface area contributed by atoms with Crippen LogP contribution < -0.4 is 4.74 Å². The lowest BCUT2D eigenvalue weighted by atomic mass is 9.49. The molecule has 0 unspecified atom stereocenters. The van der Waals surface area contributed by atoms with Crippen LogP contribution in [0.1, 0.15) is 51.1 Å². The normalized spacial score (nSPS) is 34.9. The van der Waals surface area contributed by atoms with E-state index in [0.29, 0.717) is 12.0 Å². The highest BCUT2D eigenvalue weighted by Gasteiger charge is 2.52. The molecule has 0 saturated heterocycles. The van der Waals surface area contributed by atoms with Crippen molar-refractivity contribution in [3.63, 3.8) is 0 Å². The largest absolute Gasteiger partial charge is 0.494 e. The first-order valence-electron chi connectivity index (χ1n) is 9.28. The van der Waals surface area contributed by atoms with E-state index >= 15 is 0 Å². The predicted octanol–water partition coefficient (Wildman–Crippen LogP) is 5.10. The van der Waals surface area contributed by atoms with E-state index in [1.165, 1.54) is 49.6 Å². The number of hydrogen-bond acceptors (Lipinski definition) is 2. The Morgan fingerprint density at radius 3 is 2.35 bits per heavy atom. The third-order valence-electron chi connectivity index (χ3n) is 6.55. The average molecular weight is 307 g/mol. The Balaban J connectivity index is 1.54. The summed E-state index contributed by atoms with van der Waals surface area (Å²) in [7, 11) is 0. The molecule has 4 bridgehead atoms. The lowest BCUT2D eigenvalue weighted by molar-refractivity contribution is -0.00705. The van der Waals surface area contributed by atoms with Gasteiger partial charge in [0.25, 0.3) is 0 Å². The zero-order valence-corrected chi connectivity index (χ0v) is 13.9. The van der Waals surface area contributed by atoms with Crippen LogP contribution in [0.25, 0.3) is 10.9 Å². The van der Waals surface area contributed by atoms with Gasteiger partial charge in [0.1, 0.15) is 5.75 Å². The first-order chi connectivity index (χ1) is 11.2. The number of nitrogens with zero attached hydrogens (tertiary/aromatic N) is 1. The maximum absolute atomic E-state index is 5.62. The molecular formula is C21H25NO. The van der Waals surface area contributed by atoms with Gasteiger partial charge in [0.15, 0.2) is 0 Å². The van der Waals surface area contributed by atoms with Crippen LogP contribution in [-0.2, 0) is 5.41 Å². The van der Waals surface area contributed by atoms with E-state index < -0.39 is 0 Å². The van der Waals surface area contributed by atoms with Gasteiger partial charge < -0.3 is 4.74 Å². The second-order valence-electron chi connectivity index (χ2n) is 8.18. The molecule has 0 aliphatic heterocycles. The smallest absolute Gasteiger partial charge is 0.120 e. The predicted molar refractivity (Wildman–Crippen MR) is 92.8 cm³/mol. The molecule has 0 amide bonds. The van der Waals surface area contributed by atoms with Crippen LogP contribution in [0.2, 0.25) is 0 Å². The van der Waals surface area contributed by atoms with E-state index in [1.807, 2.05) is 6.92 Å². The summed E-state index contributed by atoms with van der Waals surface area (Å²) in [6, 6.07) is 10.9. The van der Waals surface area contributed by atoms with Gasteiger partial charge in [-0.1, -0.05) is 6.07 Å². The van der Waals surface area contributed by atoms with Gasteiger partial charge in [0.2, 0.25) is 0 Å². The Morgan fingerprint density at radius 1 is 1.00 bits per heavy atom. The molecule has 1 aromatic carbocycles. The van der Waals surface area contributed by atoms with E-state index in [9.17, 15) is 0 Å². The molecule has 1 aromatic heterocycles. The average Bonchev–Trinajstić information content (AvgIpc) is 2.53. The number of aromatic nitrogens is 1. The minimum Gasteiger partial charge on any atom is -0.494 e. The SMILES string of the molecule is CCOc1ccc2nc(C34CC5CC(CC(C5)C3)C4)ccc2c1. The van der Waals surface area contributed by atoms with Gasteiger partial charge in [0.05, 0.1) is 12.1 Å². The molecular weight excluding hydrogens is 282 g/mol. The van der Waals surface area contributed by atoms with Crippen LogP contribution in [0.15, 0.2) is 30.3 Å². The topological polar surface area (TPSA) is 22.1 Å². The summed E-state index contributed by atoms with van der Waals surface area (Å²) in [6.45, 7) is 2.74. The molecule has 0 radical (unpaired) electrons. The molecule has 4 fully saturated rings. The standard InChI is InChI=1S/C21H25NO/c1-2-23-18-4-5-19-17(10-18)3-6-20(22-19)21-11-14-7-15(12-21)9-16(8-14)13-21/h3-6,10,14-16H,2,7-9,11-13H2,1H3. The Morgan fingerprint density at radius 2 is 1.70 bits per heavy atom. The van der Waals surface area contributed by atoms with E-state index in [1.54, 1.807) is 0 Å². The highest BCUT2D eigenvalue weighted by molar-refractivity contribution is 5.80. The number of fused-ring (bicyclic) bond motifs is 1. The Labute approximate surface area is 138 Å². The summed E-state index contributed by atoms with van der Waals surface area (Å²) in [4.78, 5) is 5.11. The molecule has 23 heavy (non-hydrogen) atoms. The maximum atomic E-state index is 5.62. The quantitative estimate of drug-likeness (QED) is 0.787. The summed E-state index contributed by atoms with van der Waals surface area (Å²) >= 11 is 0. The second kappa shape index (κ2) is 4.96. The molecule has 4 saturated carbocycles. The Kier molecular flexibility index (Phi) is 2.98. The highest BCUT2D eigenvalue weighted by Crippen LogP contribution is 2.60. The Bertz CT molecular complexity index is 715. The summed E-state index contributed by atoms with van der Waals surface area (Å²) in [5.41, 5.74) is 2.89. The van der Waals surface area contributed by atoms with Crippen molar-refractivity contribution in [3.8, 4) is 5.75 Å². The molecule has 0 N–H and O–H groups in total. The van der Waals surface area contributed by atoms with Crippen LogP contribution in [0.3, 0.4) is 0 Å². The molecule has 6 rings (SSSR count). The van der Waals surface area contributed by atoms with Gasteiger partial charge in [-0.05, 0) is 87.5 Å². The highest BCUT2D eigenvalue weighted by atomic mass is 16.5. The lowest BCUT2D eigenvalue weighted by Crippen LogP contribution is -2.48. The van der Waals surface area contributed by atoms with E-state index in [-0.39, 0.29) is 0 Å². The van der Waals surface area contributed by atoms with Gasteiger partial charge in [-0.25, -0.2) is 0 Å². The van der Waals surface area contributed by atoms with Crippen molar-refractivity contribution < 1.29 is 4.74 Å². The fourth-order valence-electron chi connectivity index (χ4n) is 6.08. The molecule has 2 heteroatoms. The minimum atomic E-state index is 0.390. The zero-order chi connectivity index (χ0) is 15.4. The summed E-state index contributed by atoms with van der Waals surface area (Å²) in [5, 5.41) is 1.20. The van der Waals surface area contributed by atoms with Crippen LogP contribution in [-0.4, -0.2) is 11.6 Å². The fourth-order valence-corrected chi connectivity index (χ4v) is 6.08. The molecule has 0 spiro atoms. The van der Waals surface area contributed by atoms with Crippen LogP contribution >= 0.6 is 0 Å². The summed E-state index contributed by atoms with van der Waals surface area (Å²) in [6.07, 6.45) is 8.62. The van der Waals surface area contributed by atoms with Crippen molar-refractivity contribution in [2.45, 2.75) is 50.9 Å². The van der Waals surface area contributed by atoms with E-state index in [4.69, 9.17) is 9.72 Å². The van der Waals surface area contributed by atoms with E-state index in [0.717, 1.165) is 29.0 Å². The van der Waals surface area contributed by atoms with Crippen molar-refractivity contribution in [3.05, 3.63) is 36.0 Å². The third-order valence-corrected chi connectivity index (χ3v) is 6.55. The molecule has 2 nitrogen and oxygen atoms in total. The lowest BCUT2D eigenvalue weighted by Gasteiger charge is -2.56. The molecule has 4 aliphatic rings. The van der Waals surface area contributed by atoms with Gasteiger partial charge in [-0.2, -0.15) is 0 Å². The van der Waals surface area contributed by atoms with Gasteiger partial charge >= 0.3 is 0 Å². The molecule has 2 aromatic rings. The van der Waals surface area contributed by atoms with Gasteiger partial charge in [-0.3, -0.25) is 4.98 Å². The minimum absolute atomic E-state index is 0.390. The van der Waals surface area contributed by atoms with Crippen molar-refractivity contribution in [2.24, 2.45) is 17.8 Å². The first kappa shape index (κ1) is 13.8. The fraction of sp³-hybridized carbons (Fsp3) is 0.571. The Hall–Kier alpha value is -1.57. The molecule has 1 heterocycles. The number of ether oxygens (including phenoxy) is 1. The number of hydrogen-bond donors (Lipinski definition) is 0. The van der Waals surface area contributed by atoms with Crippen LogP contribution in [0.4, 0.5) is 0 Å². The van der Waals surface area contributed by atoms with Crippen LogP contribution in [0.5, 0.6) is 5.75 Å². The molecule has 0 atom stereocenters. The monoisotopic (exact) mass is 307 g/mol. The zero-order valence-electron chi connectivity index (χ0n) is 13.9. The number of pyridine rings is 1. The summed E-state index contributed by atoms with van der Waals surface area (Å²) < 4.78 is 5.62. The van der Waals surface area contributed by atoms with Crippen molar-refractivity contribution >= 4 is 10.9 Å². The summed E-state index contributed by atoms with van der Waals surface area (Å²) in [5.74, 6) is 3.86. The second-order valence-corrected chi connectivity index (χ2v) is 8.18. The molecule has 4 aliphatic carbocycles. The third kappa shape index (κ3) is 2.18. The van der Waals surface area contributed by atoms with Gasteiger partial charge in [0, 0.05) is 16.5 Å². The van der Waals surface area contributed by atoms with Crippen molar-refractivity contribution in [1.29, 1.82) is 0 Å². The number of rotatable bonds is 3. The maximum Gasteiger partial charge on any atom is 0.120 e. The van der Waals surface area contributed by atoms with Crippen LogP contribution in [0, 0.1) is 17.8 Å².